The van der Waals surface area contributed by atoms with Gasteiger partial charge in [-0.15, -0.1) is 0 Å². The fourth-order valence-electron chi connectivity index (χ4n) is 3.23. The summed E-state index contributed by atoms with van der Waals surface area (Å²) in [7, 11) is 0. The van der Waals surface area contributed by atoms with Gasteiger partial charge in [-0.2, -0.15) is 0 Å². The highest BCUT2D eigenvalue weighted by atomic mass is 16.3. The van der Waals surface area contributed by atoms with Gasteiger partial charge in [-0.1, -0.05) is 13.0 Å². The van der Waals surface area contributed by atoms with Crippen LogP contribution in [0.4, 0.5) is 11.5 Å². The van der Waals surface area contributed by atoms with E-state index < -0.39 is 0 Å². The Morgan fingerprint density at radius 1 is 1.32 bits per heavy atom. The normalized spacial score (nSPS) is 16.5. The molecule has 0 aliphatic carbocycles. The first-order valence-corrected chi connectivity index (χ1v) is 8.69. The zero-order valence-electron chi connectivity index (χ0n) is 14.5. The standard InChI is InChI=1S/C19H24N4O2/c1-2-19(14-24)6-10-23(11-7-19)18(25)15-4-3-5-16(12-15)22-17-13-20-8-9-21-17/h3-5,8-9,12-13,24H,2,6-7,10-11,14H2,1H3,(H,21,22). The van der Waals surface area contributed by atoms with Crippen molar-refractivity contribution in [2.24, 2.45) is 5.41 Å². The Kier molecular flexibility index (Phi) is 5.28. The van der Waals surface area contributed by atoms with Gasteiger partial charge in [-0.3, -0.25) is 9.78 Å². The average molecular weight is 340 g/mol. The first-order chi connectivity index (χ1) is 12.2. The monoisotopic (exact) mass is 340 g/mol. The van der Waals surface area contributed by atoms with E-state index in [9.17, 15) is 9.90 Å². The second-order valence-corrected chi connectivity index (χ2v) is 6.60. The highest BCUT2D eigenvalue weighted by Crippen LogP contribution is 2.34. The van der Waals surface area contributed by atoms with E-state index >= 15 is 0 Å². The van der Waals surface area contributed by atoms with E-state index in [0.29, 0.717) is 24.5 Å². The molecule has 0 saturated carbocycles. The second kappa shape index (κ2) is 7.61. The summed E-state index contributed by atoms with van der Waals surface area (Å²) in [5, 5.41) is 12.8. The highest BCUT2D eigenvalue weighted by Gasteiger charge is 2.34. The van der Waals surface area contributed by atoms with E-state index in [1.807, 2.05) is 29.2 Å². The zero-order chi connectivity index (χ0) is 17.7. The van der Waals surface area contributed by atoms with Crippen LogP contribution < -0.4 is 5.32 Å². The summed E-state index contributed by atoms with van der Waals surface area (Å²) in [6.07, 6.45) is 7.52. The Morgan fingerprint density at radius 2 is 2.12 bits per heavy atom. The molecular formula is C19H24N4O2. The van der Waals surface area contributed by atoms with Gasteiger partial charge >= 0.3 is 0 Å². The van der Waals surface area contributed by atoms with Crippen molar-refractivity contribution in [3.05, 3.63) is 48.4 Å². The molecule has 0 radical (unpaired) electrons. The maximum atomic E-state index is 12.8. The third-order valence-electron chi connectivity index (χ3n) is 5.14. The predicted molar refractivity (Wildman–Crippen MR) is 96.7 cm³/mol. The second-order valence-electron chi connectivity index (χ2n) is 6.60. The number of aliphatic hydroxyl groups is 1. The molecule has 6 heteroatoms. The van der Waals surface area contributed by atoms with Gasteiger partial charge in [0.15, 0.2) is 0 Å². The number of amides is 1. The van der Waals surface area contributed by atoms with Crippen LogP contribution in [-0.2, 0) is 0 Å². The summed E-state index contributed by atoms with van der Waals surface area (Å²) in [4.78, 5) is 22.9. The molecule has 1 fully saturated rings. The Labute approximate surface area is 147 Å². The third kappa shape index (κ3) is 3.96. The van der Waals surface area contributed by atoms with Crippen LogP contribution in [0.1, 0.15) is 36.5 Å². The molecule has 0 bridgehead atoms. The summed E-state index contributed by atoms with van der Waals surface area (Å²) < 4.78 is 0. The molecule has 1 saturated heterocycles. The predicted octanol–water partition coefficient (Wildman–Crippen LogP) is 2.84. The Balaban J connectivity index is 1.68. The number of likely N-dealkylation sites (tertiary alicyclic amines) is 1. The quantitative estimate of drug-likeness (QED) is 0.875. The molecule has 0 unspecified atom stereocenters. The number of rotatable bonds is 5. The smallest absolute Gasteiger partial charge is 0.253 e. The number of aromatic nitrogens is 2. The number of aliphatic hydroxyl groups excluding tert-OH is 1. The number of carbonyl (C=O) groups is 1. The third-order valence-corrected chi connectivity index (χ3v) is 5.14. The SMILES string of the molecule is CCC1(CO)CCN(C(=O)c2cccc(Nc3cnccn3)c2)CC1. The van der Waals surface area contributed by atoms with Crippen LogP contribution in [0.2, 0.25) is 0 Å². The molecule has 6 nitrogen and oxygen atoms in total. The van der Waals surface area contributed by atoms with Gasteiger partial charge in [-0.25, -0.2) is 4.98 Å². The van der Waals surface area contributed by atoms with E-state index in [-0.39, 0.29) is 17.9 Å². The maximum Gasteiger partial charge on any atom is 0.253 e. The molecule has 132 valence electrons. The minimum atomic E-state index is -0.0217. The molecular weight excluding hydrogens is 316 g/mol. The van der Waals surface area contributed by atoms with Crippen molar-refractivity contribution in [2.45, 2.75) is 26.2 Å². The number of piperidine rings is 1. The Hall–Kier alpha value is -2.47. The van der Waals surface area contributed by atoms with E-state index in [1.54, 1.807) is 18.6 Å². The van der Waals surface area contributed by atoms with Crippen molar-refractivity contribution in [1.29, 1.82) is 0 Å². The summed E-state index contributed by atoms with van der Waals surface area (Å²) in [5.74, 6) is 0.672. The van der Waals surface area contributed by atoms with Gasteiger partial charge < -0.3 is 15.3 Å². The van der Waals surface area contributed by atoms with Crippen molar-refractivity contribution in [3.8, 4) is 0 Å². The number of benzene rings is 1. The minimum Gasteiger partial charge on any atom is -0.396 e. The fraction of sp³-hybridized carbons (Fsp3) is 0.421. The molecule has 2 heterocycles. The van der Waals surface area contributed by atoms with Crippen molar-refractivity contribution in [1.82, 2.24) is 14.9 Å². The van der Waals surface area contributed by atoms with Gasteiger partial charge in [0.2, 0.25) is 0 Å². The van der Waals surface area contributed by atoms with E-state index in [0.717, 1.165) is 24.9 Å². The zero-order valence-corrected chi connectivity index (χ0v) is 14.5. The van der Waals surface area contributed by atoms with Crippen molar-refractivity contribution < 1.29 is 9.90 Å². The van der Waals surface area contributed by atoms with Crippen LogP contribution in [0.25, 0.3) is 0 Å². The number of anilines is 2. The molecule has 1 aliphatic rings. The van der Waals surface area contributed by atoms with Crippen LogP contribution in [0.5, 0.6) is 0 Å². The van der Waals surface area contributed by atoms with E-state index in [4.69, 9.17) is 0 Å². The van der Waals surface area contributed by atoms with E-state index in [2.05, 4.69) is 22.2 Å². The summed E-state index contributed by atoms with van der Waals surface area (Å²) in [5.41, 5.74) is 1.44. The first kappa shape index (κ1) is 17.4. The lowest BCUT2D eigenvalue weighted by Gasteiger charge is -2.40. The van der Waals surface area contributed by atoms with E-state index in [1.165, 1.54) is 0 Å². The molecule has 1 aromatic heterocycles. The summed E-state index contributed by atoms with van der Waals surface area (Å²) in [6, 6.07) is 7.43. The first-order valence-electron chi connectivity index (χ1n) is 8.69. The number of nitrogens with zero attached hydrogens (tertiary/aromatic N) is 3. The molecule has 2 N–H and O–H groups in total. The molecule has 0 spiro atoms. The molecule has 1 aliphatic heterocycles. The average Bonchev–Trinajstić information content (AvgIpc) is 2.68. The van der Waals surface area contributed by atoms with Gasteiger partial charge in [-0.05, 0) is 42.9 Å². The van der Waals surface area contributed by atoms with Gasteiger partial charge in [0.1, 0.15) is 5.82 Å². The molecule has 1 amide bonds. The van der Waals surface area contributed by atoms with Crippen LogP contribution in [0, 0.1) is 5.41 Å². The molecule has 2 aromatic rings. The van der Waals surface area contributed by atoms with Crippen molar-refractivity contribution in [3.63, 3.8) is 0 Å². The lowest BCUT2D eigenvalue weighted by atomic mass is 9.77. The Morgan fingerprint density at radius 3 is 2.76 bits per heavy atom. The maximum absolute atomic E-state index is 12.8. The summed E-state index contributed by atoms with van der Waals surface area (Å²) >= 11 is 0. The fourth-order valence-corrected chi connectivity index (χ4v) is 3.23. The topological polar surface area (TPSA) is 78.4 Å². The van der Waals surface area contributed by atoms with Gasteiger partial charge in [0.05, 0.1) is 6.20 Å². The molecule has 0 atom stereocenters. The number of carbonyl (C=O) groups excluding carboxylic acids is 1. The van der Waals surface area contributed by atoms with Crippen LogP contribution >= 0.6 is 0 Å². The van der Waals surface area contributed by atoms with Crippen molar-refractivity contribution >= 4 is 17.4 Å². The summed E-state index contributed by atoms with van der Waals surface area (Å²) in [6.45, 7) is 3.68. The van der Waals surface area contributed by atoms with Crippen molar-refractivity contribution in [2.75, 3.05) is 25.0 Å². The Bertz CT molecular complexity index is 706. The highest BCUT2D eigenvalue weighted by molar-refractivity contribution is 5.95. The molecule has 25 heavy (non-hydrogen) atoms. The van der Waals surface area contributed by atoms with Crippen LogP contribution in [0.3, 0.4) is 0 Å². The van der Waals surface area contributed by atoms with Gasteiger partial charge in [0, 0.05) is 43.3 Å². The van der Waals surface area contributed by atoms with Crippen LogP contribution in [-0.4, -0.2) is 45.6 Å². The largest absolute Gasteiger partial charge is 0.396 e. The van der Waals surface area contributed by atoms with Crippen LogP contribution in [0.15, 0.2) is 42.9 Å². The minimum absolute atomic E-state index is 0.0217. The lowest BCUT2D eigenvalue weighted by molar-refractivity contribution is 0.0338. The number of hydrogen-bond acceptors (Lipinski definition) is 5. The van der Waals surface area contributed by atoms with Gasteiger partial charge in [0.25, 0.3) is 5.91 Å². The number of hydrogen-bond donors (Lipinski definition) is 2. The molecule has 3 rings (SSSR count). The number of nitrogens with one attached hydrogen (secondary N) is 1. The lowest BCUT2D eigenvalue weighted by Crippen LogP contribution is -2.44. The molecule has 1 aromatic carbocycles.